The number of oxime groups is 1. The van der Waals surface area contributed by atoms with Crippen LogP contribution in [0.2, 0.25) is 0 Å². The minimum absolute atomic E-state index is 0.0643. The molecule has 0 unspecified atom stereocenters. The fraction of sp³-hybridized carbons (Fsp3) is 0.389. The molecular formula is C18H23N4O8S-. The van der Waals surface area contributed by atoms with E-state index in [4.69, 9.17) is 0 Å². The predicted molar refractivity (Wildman–Crippen MR) is 104 cm³/mol. The Hall–Kier alpha value is -3.32. The van der Waals surface area contributed by atoms with Gasteiger partial charge in [0.05, 0.1) is 18.5 Å². The van der Waals surface area contributed by atoms with Gasteiger partial charge in [-0.2, -0.15) is 0 Å². The van der Waals surface area contributed by atoms with Gasteiger partial charge in [0.2, 0.25) is 11.8 Å². The van der Waals surface area contributed by atoms with Crippen LogP contribution in [0.3, 0.4) is 0 Å². The van der Waals surface area contributed by atoms with Gasteiger partial charge in [-0.15, -0.1) is 11.8 Å². The van der Waals surface area contributed by atoms with Crippen molar-refractivity contribution in [2.75, 3.05) is 12.3 Å². The first-order valence-electron chi connectivity index (χ1n) is 9.04. The summed E-state index contributed by atoms with van der Waals surface area (Å²) in [6.07, 6.45) is -0.179. The molecule has 0 spiro atoms. The number of aromatic hydroxyl groups is 1. The van der Waals surface area contributed by atoms with Gasteiger partial charge in [0.15, 0.2) is 0 Å². The number of quaternary nitrogens is 1. The lowest BCUT2D eigenvalue weighted by Crippen LogP contribution is -2.68. The molecule has 0 aliphatic carbocycles. The normalized spacial score (nSPS) is 13.1. The third-order valence-corrected chi connectivity index (χ3v) is 4.99. The highest BCUT2D eigenvalue weighted by Crippen LogP contribution is 2.15. The van der Waals surface area contributed by atoms with Crippen LogP contribution in [0, 0.1) is 0 Å². The molecule has 0 heterocycles. The zero-order valence-corrected chi connectivity index (χ0v) is 17.2. The second-order valence-electron chi connectivity index (χ2n) is 6.41. The number of carboxylic acid groups (broad SMARTS) is 2. The van der Waals surface area contributed by atoms with Gasteiger partial charge in [-0.25, -0.2) is 0 Å². The summed E-state index contributed by atoms with van der Waals surface area (Å²) in [6.45, 7) is -0.768. The molecule has 12 nitrogen and oxygen atoms in total. The maximum Gasteiger partial charge on any atom is 0.243 e. The number of rotatable bonds is 12. The van der Waals surface area contributed by atoms with Crippen LogP contribution < -0.4 is 26.6 Å². The number of carbonyl (C=O) groups excluding carboxylic acids is 4. The lowest BCUT2D eigenvalue weighted by atomic mass is 10.1. The molecular weight excluding hydrogens is 432 g/mol. The Morgan fingerprint density at radius 2 is 1.81 bits per heavy atom. The SMILES string of the molecule is [NH3+][C@@H](CCC(=O)N[C@@H](CS/C(Cc1ccc(O)cc1)=N\O)C(=O)NCC(=O)[O-])C(=O)[O-]. The fourth-order valence-corrected chi connectivity index (χ4v) is 3.16. The molecule has 0 radical (unpaired) electrons. The topological polar surface area (TPSA) is 219 Å². The van der Waals surface area contributed by atoms with E-state index in [1.54, 1.807) is 12.1 Å². The molecule has 170 valence electrons. The van der Waals surface area contributed by atoms with Crippen LogP contribution in [0.4, 0.5) is 0 Å². The zero-order valence-electron chi connectivity index (χ0n) is 16.4. The Kier molecular flexibility index (Phi) is 10.8. The summed E-state index contributed by atoms with van der Waals surface area (Å²) >= 11 is 0.945. The van der Waals surface area contributed by atoms with Crippen LogP contribution >= 0.6 is 11.8 Å². The Balaban J connectivity index is 2.74. The number of hydrogen-bond acceptors (Lipinski definition) is 10. The van der Waals surface area contributed by atoms with Crippen molar-refractivity contribution in [3.05, 3.63) is 29.8 Å². The average molecular weight is 455 g/mol. The monoisotopic (exact) mass is 455 g/mol. The fourth-order valence-electron chi connectivity index (χ4n) is 2.24. The first kappa shape index (κ1) is 25.7. The highest BCUT2D eigenvalue weighted by atomic mass is 32.2. The van der Waals surface area contributed by atoms with E-state index in [9.17, 15) is 39.7 Å². The summed E-state index contributed by atoms with van der Waals surface area (Å²) in [7, 11) is 0. The number of carboxylic acids is 2. The number of benzene rings is 1. The lowest BCUT2D eigenvalue weighted by Gasteiger charge is -2.19. The van der Waals surface area contributed by atoms with Crippen LogP contribution in [0.25, 0.3) is 0 Å². The van der Waals surface area contributed by atoms with E-state index >= 15 is 0 Å². The molecule has 2 amide bonds. The smallest absolute Gasteiger partial charge is 0.243 e. The molecule has 7 N–H and O–H groups in total. The zero-order chi connectivity index (χ0) is 23.4. The van der Waals surface area contributed by atoms with Crippen molar-refractivity contribution in [3.8, 4) is 5.75 Å². The maximum atomic E-state index is 12.2. The second-order valence-corrected chi connectivity index (χ2v) is 7.51. The molecule has 0 fully saturated rings. The summed E-state index contributed by atoms with van der Waals surface area (Å²) in [4.78, 5) is 45.6. The summed E-state index contributed by atoms with van der Waals surface area (Å²) in [5, 5.41) is 47.6. The van der Waals surface area contributed by atoms with Crippen LogP contribution in [0.5, 0.6) is 5.75 Å². The van der Waals surface area contributed by atoms with Gasteiger partial charge in [0.25, 0.3) is 0 Å². The summed E-state index contributed by atoms with van der Waals surface area (Å²) in [6, 6.07) is 3.82. The largest absolute Gasteiger partial charge is 0.548 e. The Bertz CT molecular complexity index is 815. The molecule has 0 bridgehead atoms. The van der Waals surface area contributed by atoms with E-state index in [2.05, 4.69) is 21.5 Å². The molecule has 31 heavy (non-hydrogen) atoms. The molecule has 0 saturated heterocycles. The molecule has 1 rings (SSSR count). The van der Waals surface area contributed by atoms with E-state index in [-0.39, 0.29) is 35.8 Å². The predicted octanol–water partition coefficient (Wildman–Crippen LogP) is -4.05. The van der Waals surface area contributed by atoms with E-state index < -0.39 is 42.4 Å². The van der Waals surface area contributed by atoms with Gasteiger partial charge >= 0.3 is 0 Å². The quantitative estimate of drug-likeness (QED) is 0.0894. The number of nitrogens with zero attached hydrogens (tertiary/aromatic N) is 1. The van der Waals surface area contributed by atoms with E-state index in [0.717, 1.165) is 11.8 Å². The number of nitrogens with one attached hydrogen (secondary N) is 2. The van der Waals surface area contributed by atoms with Gasteiger partial charge in [-0.1, -0.05) is 17.3 Å². The second kappa shape index (κ2) is 13.1. The number of aliphatic carboxylic acids is 2. The van der Waals surface area contributed by atoms with Gasteiger partial charge in [0, 0.05) is 25.0 Å². The van der Waals surface area contributed by atoms with Crippen molar-refractivity contribution in [1.29, 1.82) is 0 Å². The Labute approximate surface area is 181 Å². The third-order valence-electron chi connectivity index (χ3n) is 3.93. The van der Waals surface area contributed by atoms with Gasteiger partial charge in [-0.3, -0.25) is 9.59 Å². The van der Waals surface area contributed by atoms with Crippen LogP contribution in [0.1, 0.15) is 18.4 Å². The lowest BCUT2D eigenvalue weighted by molar-refractivity contribution is -0.438. The third kappa shape index (κ3) is 10.3. The standard InChI is InChI=1S/C18H24N4O8S/c19-12(18(28)29)5-6-14(24)21-13(17(27)20-8-16(25)26)9-31-15(22-30)7-10-1-3-11(23)4-2-10/h1-4,12-13,23,30H,5-9,19H2,(H,20,27)(H,21,24)(H,25,26)(H,28,29)/p-1/b22-15-/t12-,13-/m0/s1. The molecule has 1 aromatic carbocycles. The number of carbonyl (C=O) groups is 4. The van der Waals surface area contributed by atoms with Crippen LogP contribution in [-0.2, 0) is 25.6 Å². The highest BCUT2D eigenvalue weighted by molar-refractivity contribution is 8.14. The molecule has 0 aromatic heterocycles. The van der Waals surface area contributed by atoms with Crippen molar-refractivity contribution in [2.24, 2.45) is 5.16 Å². The van der Waals surface area contributed by atoms with E-state index in [0.29, 0.717) is 5.56 Å². The van der Waals surface area contributed by atoms with Crippen molar-refractivity contribution < 1.29 is 45.4 Å². The summed E-state index contributed by atoms with van der Waals surface area (Å²) < 4.78 is 0. The van der Waals surface area contributed by atoms with E-state index in [1.165, 1.54) is 12.1 Å². The van der Waals surface area contributed by atoms with Crippen molar-refractivity contribution in [3.63, 3.8) is 0 Å². The van der Waals surface area contributed by atoms with Gasteiger partial charge in [-0.05, 0) is 17.7 Å². The van der Waals surface area contributed by atoms with Crippen molar-refractivity contribution in [2.45, 2.75) is 31.3 Å². The molecule has 2 atom stereocenters. The number of hydrogen-bond donors (Lipinski definition) is 5. The summed E-state index contributed by atoms with van der Waals surface area (Å²) in [5.41, 5.74) is 4.04. The number of phenolic OH excluding ortho intramolecular Hbond substituents is 1. The molecule has 0 aliphatic heterocycles. The minimum atomic E-state index is -1.52. The molecule has 0 aliphatic rings. The van der Waals surface area contributed by atoms with E-state index in [1.807, 2.05) is 0 Å². The van der Waals surface area contributed by atoms with Crippen LogP contribution in [-0.4, -0.2) is 63.5 Å². The number of amides is 2. The molecule has 1 aromatic rings. The first-order valence-corrected chi connectivity index (χ1v) is 10.0. The number of phenols is 1. The average Bonchev–Trinajstić information content (AvgIpc) is 2.73. The van der Waals surface area contributed by atoms with Crippen LogP contribution in [0.15, 0.2) is 29.4 Å². The number of thioether (sulfide) groups is 1. The highest BCUT2D eigenvalue weighted by Gasteiger charge is 2.22. The Morgan fingerprint density at radius 1 is 1.16 bits per heavy atom. The molecule has 13 heteroatoms. The maximum absolute atomic E-state index is 12.2. The van der Waals surface area contributed by atoms with Crippen molar-refractivity contribution in [1.82, 2.24) is 10.6 Å². The summed E-state index contributed by atoms with van der Waals surface area (Å²) in [5.74, 6) is -4.43. The van der Waals surface area contributed by atoms with Gasteiger partial charge < -0.3 is 46.5 Å². The minimum Gasteiger partial charge on any atom is -0.548 e. The molecule has 0 saturated carbocycles. The first-order chi connectivity index (χ1) is 14.6. The van der Waals surface area contributed by atoms with Crippen molar-refractivity contribution >= 4 is 40.6 Å². The Morgan fingerprint density at radius 3 is 2.35 bits per heavy atom. The van der Waals surface area contributed by atoms with Gasteiger partial charge in [0.1, 0.15) is 22.9 Å².